The topological polar surface area (TPSA) is 123 Å². The van der Waals surface area contributed by atoms with E-state index in [1.807, 2.05) is 0 Å². The van der Waals surface area contributed by atoms with E-state index in [4.69, 9.17) is 15.2 Å². The molecule has 2 aliphatic heterocycles. The molecule has 156 valence electrons. The largest absolute Gasteiger partial charge is 0.493 e. The number of hydrogen-bond donors (Lipinski definition) is 4. The van der Waals surface area contributed by atoms with Gasteiger partial charge in [0.2, 0.25) is 0 Å². The van der Waals surface area contributed by atoms with Crippen molar-refractivity contribution >= 4 is 11.5 Å². The molecule has 0 radical (unpaired) electrons. The van der Waals surface area contributed by atoms with Crippen molar-refractivity contribution in [3.05, 3.63) is 65.6 Å². The van der Waals surface area contributed by atoms with E-state index in [0.717, 1.165) is 11.8 Å². The Hall–Kier alpha value is -3.73. The number of aromatic nitrogens is 2. The lowest BCUT2D eigenvalue weighted by Crippen LogP contribution is -2.32. The van der Waals surface area contributed by atoms with Crippen molar-refractivity contribution in [3.63, 3.8) is 0 Å². The lowest BCUT2D eigenvalue weighted by molar-refractivity contribution is -0.115. The summed E-state index contributed by atoms with van der Waals surface area (Å²) in [6.45, 7) is -2.53. The fourth-order valence-electron chi connectivity index (χ4n) is 3.25. The Kier molecular flexibility index (Phi) is 5.44. The average molecular weight is 416 g/mol. The first-order valence-corrected chi connectivity index (χ1v) is 9.03. The number of carbonyl (C=O) groups is 1. The number of carbonyl (C=O) groups excluding carboxylic acids is 1. The number of fused-ring (bicyclic) bond motifs is 1. The van der Waals surface area contributed by atoms with Gasteiger partial charge in [0.25, 0.3) is 5.91 Å². The number of hydrogen-bond acceptors (Lipinski definition) is 8. The second-order valence-electron chi connectivity index (χ2n) is 6.40. The molecule has 0 fully saturated rings. The van der Waals surface area contributed by atoms with Crippen LogP contribution in [0, 0.1) is 0 Å². The predicted molar refractivity (Wildman–Crippen MR) is 102 cm³/mol. The number of nitrogens with two attached hydrogens (primary N) is 1. The summed E-state index contributed by atoms with van der Waals surface area (Å²) in [7, 11) is 0. The van der Waals surface area contributed by atoms with Gasteiger partial charge >= 0.3 is 6.61 Å². The maximum absolute atomic E-state index is 13.0. The minimum Gasteiger partial charge on any atom is -0.493 e. The molecule has 5 N–H and O–H groups in total. The monoisotopic (exact) mass is 416 g/mol. The summed E-state index contributed by atoms with van der Waals surface area (Å²) < 4.78 is 36.2. The number of nitrogens with zero attached hydrogens (tertiary/aromatic N) is 2. The van der Waals surface area contributed by atoms with Gasteiger partial charge in [-0.1, -0.05) is 0 Å². The van der Waals surface area contributed by atoms with E-state index in [1.54, 1.807) is 12.1 Å². The molecule has 1 atom stereocenters. The van der Waals surface area contributed by atoms with Crippen molar-refractivity contribution in [2.24, 2.45) is 5.73 Å². The zero-order valence-electron chi connectivity index (χ0n) is 15.6. The molecule has 11 heteroatoms. The molecule has 0 saturated carbocycles. The van der Waals surface area contributed by atoms with Crippen LogP contribution in [-0.2, 0) is 11.2 Å². The van der Waals surface area contributed by atoms with Crippen molar-refractivity contribution in [3.8, 4) is 11.5 Å². The quantitative estimate of drug-likeness (QED) is 0.517. The summed E-state index contributed by atoms with van der Waals surface area (Å²) in [5.74, 6) is 0.184. The fraction of sp³-hybridized carbons (Fsp3) is 0.211. The number of halogens is 2. The molecule has 1 unspecified atom stereocenters. The minimum absolute atomic E-state index is 0.00316. The Balaban J connectivity index is 1.60. The molecule has 3 heterocycles. The first-order valence-electron chi connectivity index (χ1n) is 9.03. The third kappa shape index (κ3) is 3.87. The molecule has 2 aliphatic rings. The zero-order valence-corrected chi connectivity index (χ0v) is 15.6. The smallest absolute Gasteiger partial charge is 0.387 e. The minimum atomic E-state index is -3.00. The van der Waals surface area contributed by atoms with Gasteiger partial charge < -0.3 is 25.9 Å². The van der Waals surface area contributed by atoms with Gasteiger partial charge in [0.15, 0.2) is 5.82 Å². The molecule has 2 aromatic rings. The van der Waals surface area contributed by atoms with E-state index in [1.165, 1.54) is 24.7 Å². The van der Waals surface area contributed by atoms with E-state index in [0.29, 0.717) is 30.0 Å². The van der Waals surface area contributed by atoms with Crippen molar-refractivity contribution in [1.29, 1.82) is 0 Å². The molecule has 1 aromatic carbocycles. The van der Waals surface area contributed by atoms with Crippen molar-refractivity contribution in [2.45, 2.75) is 19.1 Å². The molecule has 4 rings (SSSR count). The maximum atomic E-state index is 13.0. The number of ether oxygens (including phenoxy) is 2. The Labute approximate surface area is 170 Å². The van der Waals surface area contributed by atoms with Gasteiger partial charge in [-0.3, -0.25) is 4.79 Å². The molecule has 1 amide bonds. The van der Waals surface area contributed by atoms with Crippen LogP contribution in [0.3, 0.4) is 0 Å². The van der Waals surface area contributed by atoms with Gasteiger partial charge in [-0.05, 0) is 18.2 Å². The van der Waals surface area contributed by atoms with E-state index in [2.05, 4.69) is 26.1 Å². The van der Waals surface area contributed by atoms with Crippen LogP contribution in [0.4, 0.5) is 8.78 Å². The summed E-state index contributed by atoms with van der Waals surface area (Å²) in [6.07, 6.45) is 6.18. The summed E-state index contributed by atoms with van der Waals surface area (Å²) in [5.41, 5.74) is 12.9. The van der Waals surface area contributed by atoms with Crippen LogP contribution in [0.1, 0.15) is 23.0 Å². The van der Waals surface area contributed by atoms with Gasteiger partial charge in [-0.15, -0.1) is 0 Å². The lowest BCUT2D eigenvalue weighted by atomic mass is 10.0. The Morgan fingerprint density at radius 2 is 2.17 bits per heavy atom. The third-order valence-corrected chi connectivity index (χ3v) is 4.59. The van der Waals surface area contributed by atoms with Crippen molar-refractivity contribution in [1.82, 2.24) is 26.1 Å². The number of amides is 1. The number of nitrogens with one attached hydrogen (secondary N) is 3. The first kappa shape index (κ1) is 19.6. The summed E-state index contributed by atoms with van der Waals surface area (Å²) in [5, 5.41) is 2.71. The van der Waals surface area contributed by atoms with Crippen LogP contribution in [0.15, 0.2) is 48.7 Å². The molecule has 0 aliphatic carbocycles. The van der Waals surface area contributed by atoms with Crippen LogP contribution in [0.25, 0.3) is 5.57 Å². The summed E-state index contributed by atoms with van der Waals surface area (Å²) in [6, 6.07) is 4.09. The molecule has 30 heavy (non-hydrogen) atoms. The number of rotatable bonds is 6. The van der Waals surface area contributed by atoms with E-state index >= 15 is 0 Å². The summed E-state index contributed by atoms with van der Waals surface area (Å²) >= 11 is 0. The fourth-order valence-corrected chi connectivity index (χ4v) is 3.25. The highest BCUT2D eigenvalue weighted by molar-refractivity contribution is 6.18. The first-order chi connectivity index (χ1) is 14.6. The Bertz CT molecular complexity index is 1010. The highest BCUT2D eigenvalue weighted by atomic mass is 19.3. The van der Waals surface area contributed by atoms with Crippen LogP contribution in [0.2, 0.25) is 0 Å². The molecular formula is C19H18F2N6O3. The van der Waals surface area contributed by atoms with E-state index in [-0.39, 0.29) is 17.1 Å². The molecule has 0 spiro atoms. The van der Waals surface area contributed by atoms with Gasteiger partial charge in [-0.25, -0.2) is 15.4 Å². The van der Waals surface area contributed by atoms with Gasteiger partial charge in [0.05, 0.1) is 23.9 Å². The standard InChI is InChI=1S/C19H18F2N6O3/c20-19(21)30-15-6-10-2-5-29-14(10)7-11(15)16-13(9-25-27-16)26-18(28)12(8-22)17-23-3-1-4-24-17/h1,3-4,6-9,16,19,25,27H,2,5,22H2,(H,26,28). The molecule has 0 bridgehead atoms. The molecular weight excluding hydrogens is 398 g/mol. The molecule has 0 saturated heterocycles. The second kappa shape index (κ2) is 8.33. The van der Waals surface area contributed by atoms with Gasteiger partial charge in [0, 0.05) is 42.3 Å². The second-order valence-corrected chi connectivity index (χ2v) is 6.40. The number of hydrazine groups is 1. The average Bonchev–Trinajstić information content (AvgIpc) is 3.37. The Morgan fingerprint density at radius 1 is 1.37 bits per heavy atom. The predicted octanol–water partition coefficient (Wildman–Crippen LogP) is 1.12. The van der Waals surface area contributed by atoms with Crippen molar-refractivity contribution < 1.29 is 23.0 Å². The van der Waals surface area contributed by atoms with Crippen LogP contribution >= 0.6 is 0 Å². The Morgan fingerprint density at radius 3 is 2.90 bits per heavy atom. The van der Waals surface area contributed by atoms with E-state index < -0.39 is 18.6 Å². The molecule has 1 aromatic heterocycles. The van der Waals surface area contributed by atoms with Crippen LogP contribution < -0.4 is 31.4 Å². The maximum Gasteiger partial charge on any atom is 0.387 e. The summed E-state index contributed by atoms with van der Waals surface area (Å²) in [4.78, 5) is 20.8. The van der Waals surface area contributed by atoms with E-state index in [9.17, 15) is 13.6 Å². The SMILES string of the molecule is NC=C(C(=O)NC1=CNNC1c1cc2c(cc1OC(F)F)CCO2)c1ncccn1. The number of alkyl halides is 2. The van der Waals surface area contributed by atoms with Gasteiger partial charge in [-0.2, -0.15) is 8.78 Å². The highest BCUT2D eigenvalue weighted by Gasteiger charge is 2.30. The lowest BCUT2D eigenvalue weighted by Gasteiger charge is -2.20. The molecule has 9 nitrogen and oxygen atoms in total. The number of benzene rings is 1. The van der Waals surface area contributed by atoms with Crippen molar-refractivity contribution in [2.75, 3.05) is 6.61 Å². The van der Waals surface area contributed by atoms with Gasteiger partial charge in [0.1, 0.15) is 11.5 Å². The highest BCUT2D eigenvalue weighted by Crippen LogP contribution is 2.39. The normalized spacial score (nSPS) is 17.8. The zero-order chi connectivity index (χ0) is 21.1. The van der Waals surface area contributed by atoms with Crippen LogP contribution in [-0.4, -0.2) is 29.1 Å². The van der Waals surface area contributed by atoms with Crippen LogP contribution in [0.5, 0.6) is 11.5 Å². The third-order valence-electron chi connectivity index (χ3n) is 4.59.